The van der Waals surface area contributed by atoms with Crippen molar-refractivity contribution in [3.05, 3.63) is 307 Å². The highest BCUT2D eigenvalue weighted by atomic mass is 16.6. The van der Waals surface area contributed by atoms with Gasteiger partial charge in [-0.25, -0.2) is 38.4 Å². The van der Waals surface area contributed by atoms with E-state index >= 15 is 19.2 Å². The number of primary amides is 4. The van der Waals surface area contributed by atoms with Crippen LogP contribution in [-0.2, 0) is 0 Å². The monoisotopic (exact) mass is 2000 g/mol. The van der Waals surface area contributed by atoms with Crippen molar-refractivity contribution in [2.45, 2.75) is 158 Å². The molecule has 1 aliphatic rings. The topological polar surface area (TPSA) is 513 Å². The third-order valence-corrected chi connectivity index (χ3v) is 25.0. The van der Waals surface area contributed by atoms with E-state index in [1.54, 1.807) is 133 Å². The average molecular weight is 2000 g/mol. The molecule has 0 aliphatic heterocycles. The minimum Gasteiger partial charge on any atom is -0.410 e. The minimum absolute atomic E-state index is 0.00130. The zero-order valence-electron chi connectivity index (χ0n) is 83.7. The van der Waals surface area contributed by atoms with Gasteiger partial charge in [0.2, 0.25) is 0 Å². The molecule has 0 spiro atoms. The van der Waals surface area contributed by atoms with Crippen LogP contribution < -0.4 is 103 Å². The zero-order valence-corrected chi connectivity index (χ0v) is 83.7. The number of ketones is 2. The van der Waals surface area contributed by atoms with Crippen molar-refractivity contribution >= 4 is 173 Å². The third-order valence-electron chi connectivity index (χ3n) is 25.0. The van der Waals surface area contributed by atoms with Gasteiger partial charge in [0, 0.05) is 33.4 Å². The number of hydrogen-bond acceptors (Lipinski definition) is 24. The minimum atomic E-state index is -1.22. The van der Waals surface area contributed by atoms with Crippen LogP contribution in [0.25, 0.3) is 43.1 Å². The van der Waals surface area contributed by atoms with Crippen LogP contribution >= 0.6 is 0 Å². The molecule has 34 heteroatoms. The predicted molar refractivity (Wildman–Crippen MR) is 564 cm³/mol. The van der Waals surface area contributed by atoms with Gasteiger partial charge in [-0.1, -0.05) is 220 Å². The highest BCUT2D eigenvalue weighted by molar-refractivity contribution is 6.32. The van der Waals surface area contributed by atoms with Gasteiger partial charge in [0.1, 0.15) is 34.5 Å². The number of anilines is 8. The van der Waals surface area contributed by atoms with Crippen LogP contribution in [0.15, 0.2) is 218 Å². The number of nitrogens with two attached hydrogens (primary N) is 4. The standard InChI is InChI=1S/C114H108N12O22/c1-53(2)71-45-65(46-72(54(3)4)95(71)121-111(137)145-85-37-19-27-61-25-17-35-83(89(61)85)141-107(115)133)103(129)125-105(131)67-49-75(57(9)10)97(76(50-67)58(11)12)123-113(139)147-101-81(43-41-63-29-21-39-87(91(63)101)143-109(117)135)119-79-33-23-31-69-93(79)99(127)70-32-24-34-80(94(70)100(69)128)120-82-44-42-64-30-22-40-88(144-110(118)136)92(64)102(82)148-114(140)124-98-77(59(13)14)51-68(52-78(98)60(15)16)106(132)126-104(130)66-47-73(55(5)6)96(74(48-66)56(7)8)122-112(138)146-86-38-20-28-62-26-18-36-84(90(62)86)142-108(116)134/h17-60,119-120H,1-16H3,(H2,115,133)(H2,116,134)(H2,117,135)(H2,118,136)(H,121,137)(H,122,138)(H,123,139)(H,124,140)(H,125,129,131)(H,126,130,132). The van der Waals surface area contributed by atoms with Crippen LogP contribution in [0.1, 0.15) is 276 Å². The van der Waals surface area contributed by atoms with Crippen molar-refractivity contribution in [3.63, 3.8) is 0 Å². The molecular formula is C114H108N12O22. The van der Waals surface area contributed by atoms with Gasteiger partial charge < -0.3 is 71.5 Å². The SMILES string of the molecule is CC(C)c1cc(C(=O)NC(=O)c2cc(C(C)C)c(NC(=O)Oc3c(Nc4cccc5c4C(=O)c4cccc(Nc6ccc7cccc(OC(N)=O)c7c6OC(=O)Nc6c(C(C)C)cc(C(=O)NC(=O)c7cc(C(C)C)c(NC(=O)Oc8cccc9cccc(OC(N)=O)c89)c(C(C)C)c7)cc6C(C)C)c4C5=O)ccc4cccc(OC(N)=O)c34)c(C(C)C)c2)cc(C(C)C)c1NC(=O)Oc1cccc2cccc(OC(N)=O)c12. The summed E-state index contributed by atoms with van der Waals surface area (Å²) in [6, 6.07) is 56.8. The van der Waals surface area contributed by atoms with Crippen molar-refractivity contribution in [1.29, 1.82) is 0 Å². The number of carbonyl (C=O) groups is 14. The lowest BCUT2D eigenvalue weighted by Crippen LogP contribution is -2.31. The molecule has 0 unspecified atom stereocenters. The number of ether oxygens (including phenoxy) is 8. The Morgan fingerprint density at radius 2 is 0.446 bits per heavy atom. The van der Waals surface area contributed by atoms with Crippen molar-refractivity contribution in [2.24, 2.45) is 22.9 Å². The van der Waals surface area contributed by atoms with E-state index in [-0.39, 0.29) is 159 Å². The van der Waals surface area contributed by atoms with E-state index in [2.05, 4.69) is 42.5 Å². The molecule has 148 heavy (non-hydrogen) atoms. The fourth-order valence-electron chi connectivity index (χ4n) is 18.2. The molecule has 0 bridgehead atoms. The Hall–Kier alpha value is -18.5. The van der Waals surface area contributed by atoms with Gasteiger partial charge in [-0.3, -0.25) is 60.7 Å². The summed E-state index contributed by atoms with van der Waals surface area (Å²) in [5.74, 6) is -7.83. The first kappa shape index (κ1) is 104. The maximum atomic E-state index is 15.6. The summed E-state index contributed by atoms with van der Waals surface area (Å²) in [6.07, 6.45) is -8.54. The molecule has 15 rings (SSSR count). The molecule has 34 nitrogen and oxygen atoms in total. The quantitative estimate of drug-likeness (QED) is 0.0203. The lowest BCUT2D eigenvalue weighted by Gasteiger charge is -2.25. The van der Waals surface area contributed by atoms with Gasteiger partial charge in [-0.05, 0) is 223 Å². The second-order valence-electron chi connectivity index (χ2n) is 37.8. The molecule has 0 aromatic heterocycles. The normalized spacial score (nSPS) is 11.6. The summed E-state index contributed by atoms with van der Waals surface area (Å²) in [5, 5.41) is 25.9. The number of hydrogen-bond donors (Lipinski definition) is 12. The van der Waals surface area contributed by atoms with E-state index < -0.39 is 108 Å². The van der Waals surface area contributed by atoms with Crippen LogP contribution in [0.2, 0.25) is 0 Å². The first-order chi connectivity index (χ1) is 70.4. The second-order valence-corrected chi connectivity index (χ2v) is 37.8. The maximum Gasteiger partial charge on any atom is 0.417 e. The van der Waals surface area contributed by atoms with Crippen LogP contribution in [-0.4, -0.2) is 83.9 Å². The first-order valence-electron chi connectivity index (χ1n) is 47.7. The average Bonchev–Trinajstić information content (AvgIpc) is 0.734. The number of fused-ring (bicyclic) bond motifs is 6. The van der Waals surface area contributed by atoms with Gasteiger partial charge in [0.05, 0.1) is 78.2 Å². The van der Waals surface area contributed by atoms with Crippen LogP contribution in [0.3, 0.4) is 0 Å². The van der Waals surface area contributed by atoms with Gasteiger partial charge in [-0.15, -0.1) is 0 Å². The highest BCUT2D eigenvalue weighted by Crippen LogP contribution is 2.49. The summed E-state index contributed by atoms with van der Waals surface area (Å²) in [5.41, 5.74) is 27.3. The number of imide groups is 2. The molecule has 0 saturated heterocycles. The lowest BCUT2D eigenvalue weighted by atomic mass is 9.82. The Kier molecular flexibility index (Phi) is 30.4. The van der Waals surface area contributed by atoms with Crippen molar-refractivity contribution in [2.75, 3.05) is 31.9 Å². The molecule has 0 fully saturated rings. The number of nitrogens with one attached hydrogen (secondary N) is 8. The Bertz CT molecular complexity index is 7310. The molecule has 0 saturated carbocycles. The molecule has 14 aromatic carbocycles. The summed E-state index contributed by atoms with van der Waals surface area (Å²) >= 11 is 0. The molecule has 0 atom stereocenters. The number of benzene rings is 14. The molecule has 0 heterocycles. The van der Waals surface area contributed by atoms with Crippen LogP contribution in [0.5, 0.6) is 46.0 Å². The molecule has 16 N–H and O–H groups in total. The summed E-state index contributed by atoms with van der Waals surface area (Å²) in [6.45, 7) is 29.6. The van der Waals surface area contributed by atoms with Gasteiger partial charge >= 0.3 is 48.7 Å². The highest BCUT2D eigenvalue weighted by Gasteiger charge is 2.37. The summed E-state index contributed by atoms with van der Waals surface area (Å²) < 4.78 is 46.2. The van der Waals surface area contributed by atoms with Gasteiger partial charge in [0.25, 0.3) is 23.6 Å². The summed E-state index contributed by atoms with van der Waals surface area (Å²) in [4.78, 5) is 197. The van der Waals surface area contributed by atoms with E-state index in [4.69, 9.17) is 60.8 Å². The Balaban J connectivity index is 0.686. The fourth-order valence-corrected chi connectivity index (χ4v) is 18.2. The van der Waals surface area contributed by atoms with Crippen molar-refractivity contribution in [1.82, 2.24) is 10.6 Å². The second kappa shape index (κ2) is 43.4. The smallest absolute Gasteiger partial charge is 0.410 e. The van der Waals surface area contributed by atoms with E-state index in [9.17, 15) is 47.9 Å². The largest absolute Gasteiger partial charge is 0.417 e. The zero-order chi connectivity index (χ0) is 107. The molecule has 1 aliphatic carbocycles. The number of amides is 12. The maximum absolute atomic E-state index is 15.6. The van der Waals surface area contributed by atoms with E-state index in [1.165, 1.54) is 84.9 Å². The molecule has 756 valence electrons. The van der Waals surface area contributed by atoms with Crippen LogP contribution in [0.4, 0.5) is 83.9 Å². The predicted octanol–water partition coefficient (Wildman–Crippen LogP) is 25.0. The van der Waals surface area contributed by atoms with Crippen molar-refractivity contribution in [3.8, 4) is 46.0 Å². The Morgan fingerprint density at radius 3 is 0.676 bits per heavy atom. The Morgan fingerprint density at radius 1 is 0.236 bits per heavy atom. The van der Waals surface area contributed by atoms with E-state index in [1.807, 2.05) is 111 Å². The Labute approximate surface area is 849 Å². The third kappa shape index (κ3) is 22.2. The van der Waals surface area contributed by atoms with Gasteiger partial charge in [0.15, 0.2) is 23.1 Å². The van der Waals surface area contributed by atoms with Crippen molar-refractivity contribution < 1.29 is 105 Å². The molecule has 14 aromatic rings. The first-order valence-corrected chi connectivity index (χ1v) is 47.7. The number of carbonyl (C=O) groups excluding carboxylic acids is 14. The molecule has 0 radical (unpaired) electrons. The van der Waals surface area contributed by atoms with Gasteiger partial charge in [-0.2, -0.15) is 0 Å². The van der Waals surface area contributed by atoms with E-state index in [0.29, 0.717) is 88.2 Å². The van der Waals surface area contributed by atoms with Crippen LogP contribution in [0, 0.1) is 0 Å². The molecule has 12 amide bonds. The summed E-state index contributed by atoms with van der Waals surface area (Å²) in [7, 11) is 0. The fraction of sp³-hybridized carbons (Fsp3) is 0.211. The van der Waals surface area contributed by atoms with E-state index in [0.717, 1.165) is 0 Å². The molecular weight excluding hydrogens is 1890 g/mol. The number of rotatable bonds is 28. The lowest BCUT2D eigenvalue weighted by molar-refractivity contribution is 0.0832.